The zero-order valence-electron chi connectivity index (χ0n) is 10.4. The van der Waals surface area contributed by atoms with Crippen molar-refractivity contribution in [1.29, 1.82) is 0 Å². The lowest BCUT2D eigenvalue weighted by atomic mass is 10.1. The summed E-state index contributed by atoms with van der Waals surface area (Å²) in [5.74, 6) is -1.41. The van der Waals surface area contributed by atoms with Gasteiger partial charge >= 0.3 is 0 Å². The number of carbonyl (C=O) groups is 1. The van der Waals surface area contributed by atoms with Crippen molar-refractivity contribution >= 4 is 5.91 Å². The second-order valence-corrected chi connectivity index (χ2v) is 4.15. The van der Waals surface area contributed by atoms with Gasteiger partial charge in [0.25, 0.3) is 5.91 Å². The van der Waals surface area contributed by atoms with Gasteiger partial charge in [0.1, 0.15) is 11.6 Å². The number of phenolic OH excluding ortho intramolecular Hbond substituents is 1. The quantitative estimate of drug-likeness (QED) is 0.889. The van der Waals surface area contributed by atoms with E-state index in [1.807, 2.05) is 6.92 Å². The van der Waals surface area contributed by atoms with Crippen LogP contribution in [0.25, 0.3) is 0 Å². The van der Waals surface area contributed by atoms with E-state index in [9.17, 15) is 14.3 Å². The first-order chi connectivity index (χ1) is 9.08. The molecule has 2 rings (SSSR count). The van der Waals surface area contributed by atoms with Gasteiger partial charge in [-0.1, -0.05) is 0 Å². The second kappa shape index (κ2) is 5.48. The molecule has 0 aliphatic carbocycles. The van der Waals surface area contributed by atoms with E-state index in [2.05, 4.69) is 10.3 Å². The van der Waals surface area contributed by atoms with Crippen molar-refractivity contribution in [2.75, 3.05) is 0 Å². The highest BCUT2D eigenvalue weighted by Crippen LogP contribution is 2.18. The number of carbonyl (C=O) groups excluding carboxylic acids is 1. The third kappa shape index (κ3) is 3.07. The summed E-state index contributed by atoms with van der Waals surface area (Å²) in [5.41, 5.74) is 1.95. The van der Waals surface area contributed by atoms with Crippen molar-refractivity contribution in [2.24, 2.45) is 0 Å². The molecule has 0 saturated carbocycles. The first-order valence-corrected chi connectivity index (χ1v) is 5.74. The standard InChI is InChI=1S/C14H13FN2O2/c1-9-7-16-5-4-10(9)8-17-14(19)12-3-2-11(15)6-13(12)18/h2-7,18H,8H2,1H3,(H,17,19). The van der Waals surface area contributed by atoms with E-state index in [0.717, 1.165) is 23.3 Å². The summed E-state index contributed by atoms with van der Waals surface area (Å²) in [6.07, 6.45) is 3.35. The Balaban J connectivity index is 2.08. The van der Waals surface area contributed by atoms with E-state index in [1.54, 1.807) is 18.5 Å². The Morgan fingerprint density at radius 1 is 1.42 bits per heavy atom. The van der Waals surface area contributed by atoms with Crippen LogP contribution in [-0.4, -0.2) is 16.0 Å². The maximum atomic E-state index is 12.8. The second-order valence-electron chi connectivity index (χ2n) is 4.15. The van der Waals surface area contributed by atoms with Gasteiger partial charge in [0, 0.05) is 25.0 Å². The first-order valence-electron chi connectivity index (χ1n) is 5.74. The van der Waals surface area contributed by atoms with Crippen LogP contribution in [0.15, 0.2) is 36.7 Å². The number of amides is 1. The highest BCUT2D eigenvalue weighted by Gasteiger charge is 2.11. The largest absolute Gasteiger partial charge is 0.507 e. The number of aromatic hydroxyl groups is 1. The fourth-order valence-corrected chi connectivity index (χ4v) is 1.67. The zero-order chi connectivity index (χ0) is 13.8. The van der Waals surface area contributed by atoms with Crippen LogP contribution in [0.5, 0.6) is 5.75 Å². The first kappa shape index (κ1) is 13.0. The summed E-state index contributed by atoms with van der Waals surface area (Å²) < 4.78 is 12.8. The molecule has 0 aliphatic rings. The number of halogens is 1. The van der Waals surface area contributed by atoms with E-state index in [0.29, 0.717) is 6.54 Å². The van der Waals surface area contributed by atoms with Crippen molar-refractivity contribution < 1.29 is 14.3 Å². The van der Waals surface area contributed by atoms with Crippen LogP contribution >= 0.6 is 0 Å². The predicted octanol–water partition coefficient (Wildman–Crippen LogP) is 2.16. The molecule has 2 N–H and O–H groups in total. The number of nitrogens with one attached hydrogen (secondary N) is 1. The predicted molar refractivity (Wildman–Crippen MR) is 68.2 cm³/mol. The molecule has 0 radical (unpaired) electrons. The molecule has 98 valence electrons. The fraction of sp³-hybridized carbons (Fsp3) is 0.143. The van der Waals surface area contributed by atoms with Crippen molar-refractivity contribution in [1.82, 2.24) is 10.3 Å². The van der Waals surface area contributed by atoms with Gasteiger partial charge < -0.3 is 10.4 Å². The Morgan fingerprint density at radius 2 is 2.21 bits per heavy atom. The molecule has 2 aromatic rings. The number of pyridine rings is 1. The summed E-state index contributed by atoms with van der Waals surface area (Å²) in [5, 5.41) is 12.2. The molecule has 0 fully saturated rings. The Bertz CT molecular complexity index is 614. The summed E-state index contributed by atoms with van der Waals surface area (Å²) >= 11 is 0. The lowest BCUT2D eigenvalue weighted by molar-refractivity contribution is 0.0948. The molecule has 0 spiro atoms. The van der Waals surface area contributed by atoms with Crippen molar-refractivity contribution in [3.8, 4) is 5.75 Å². The normalized spacial score (nSPS) is 10.2. The SMILES string of the molecule is Cc1cnccc1CNC(=O)c1ccc(F)cc1O. The lowest BCUT2D eigenvalue weighted by Crippen LogP contribution is -2.23. The molecule has 0 saturated heterocycles. The van der Waals surface area contributed by atoms with E-state index in [-0.39, 0.29) is 11.3 Å². The van der Waals surface area contributed by atoms with E-state index < -0.39 is 11.7 Å². The highest BCUT2D eigenvalue weighted by molar-refractivity contribution is 5.96. The van der Waals surface area contributed by atoms with Gasteiger partial charge in [0.15, 0.2) is 0 Å². The van der Waals surface area contributed by atoms with Crippen LogP contribution in [0.3, 0.4) is 0 Å². The van der Waals surface area contributed by atoms with E-state index in [1.165, 1.54) is 6.07 Å². The Morgan fingerprint density at radius 3 is 2.89 bits per heavy atom. The summed E-state index contributed by atoms with van der Waals surface area (Å²) in [7, 11) is 0. The number of rotatable bonds is 3. The molecule has 0 unspecified atom stereocenters. The van der Waals surface area contributed by atoms with Crippen molar-refractivity contribution in [2.45, 2.75) is 13.5 Å². The monoisotopic (exact) mass is 260 g/mol. The minimum atomic E-state index is -0.584. The number of hydrogen-bond donors (Lipinski definition) is 2. The smallest absolute Gasteiger partial charge is 0.255 e. The highest BCUT2D eigenvalue weighted by atomic mass is 19.1. The van der Waals surface area contributed by atoms with Crippen LogP contribution in [0.4, 0.5) is 4.39 Å². The number of hydrogen-bond acceptors (Lipinski definition) is 3. The third-order valence-corrected chi connectivity index (χ3v) is 2.78. The molecular formula is C14H13FN2O2. The van der Waals surface area contributed by atoms with Crippen LogP contribution in [0.1, 0.15) is 21.5 Å². The van der Waals surface area contributed by atoms with Gasteiger partial charge in [-0.25, -0.2) is 4.39 Å². The Hall–Kier alpha value is -2.43. The topological polar surface area (TPSA) is 62.2 Å². The number of aromatic nitrogens is 1. The lowest BCUT2D eigenvalue weighted by Gasteiger charge is -2.08. The van der Waals surface area contributed by atoms with Crippen molar-refractivity contribution in [3.05, 3.63) is 59.2 Å². The average Bonchev–Trinajstić information content (AvgIpc) is 2.37. The minimum absolute atomic E-state index is 0.0492. The van der Waals surface area contributed by atoms with E-state index in [4.69, 9.17) is 0 Å². The maximum absolute atomic E-state index is 12.8. The summed E-state index contributed by atoms with van der Waals surface area (Å²) in [6.45, 7) is 2.22. The molecule has 0 bridgehead atoms. The minimum Gasteiger partial charge on any atom is -0.507 e. The molecule has 0 aliphatic heterocycles. The zero-order valence-corrected chi connectivity index (χ0v) is 10.4. The van der Waals surface area contributed by atoms with E-state index >= 15 is 0 Å². The van der Waals surface area contributed by atoms with Crippen LogP contribution < -0.4 is 5.32 Å². The molecule has 1 amide bonds. The maximum Gasteiger partial charge on any atom is 0.255 e. The number of phenols is 1. The van der Waals surface area contributed by atoms with Gasteiger partial charge in [-0.2, -0.15) is 0 Å². The van der Waals surface area contributed by atoms with Crippen LogP contribution in [-0.2, 0) is 6.54 Å². The molecule has 1 heterocycles. The van der Waals surface area contributed by atoms with Gasteiger partial charge in [-0.05, 0) is 36.2 Å². The fourth-order valence-electron chi connectivity index (χ4n) is 1.67. The Kier molecular flexibility index (Phi) is 3.75. The van der Waals surface area contributed by atoms with Gasteiger partial charge in [-0.15, -0.1) is 0 Å². The number of nitrogens with zero attached hydrogens (tertiary/aromatic N) is 1. The van der Waals surface area contributed by atoms with Crippen molar-refractivity contribution in [3.63, 3.8) is 0 Å². The van der Waals surface area contributed by atoms with Crippen LogP contribution in [0.2, 0.25) is 0 Å². The number of benzene rings is 1. The average molecular weight is 260 g/mol. The van der Waals surface area contributed by atoms with Gasteiger partial charge in [0.2, 0.25) is 0 Å². The molecule has 1 aromatic carbocycles. The molecule has 4 nitrogen and oxygen atoms in total. The number of aryl methyl sites for hydroxylation is 1. The Labute approximate surface area is 109 Å². The molecular weight excluding hydrogens is 247 g/mol. The molecule has 1 aromatic heterocycles. The molecule has 5 heteroatoms. The third-order valence-electron chi connectivity index (χ3n) is 2.78. The molecule has 0 atom stereocenters. The molecule has 19 heavy (non-hydrogen) atoms. The summed E-state index contributed by atoms with van der Waals surface area (Å²) in [4.78, 5) is 15.8. The van der Waals surface area contributed by atoms with Gasteiger partial charge in [0.05, 0.1) is 5.56 Å². The van der Waals surface area contributed by atoms with Gasteiger partial charge in [-0.3, -0.25) is 9.78 Å². The summed E-state index contributed by atoms with van der Waals surface area (Å²) in [6, 6.07) is 5.10. The van der Waals surface area contributed by atoms with Crippen LogP contribution in [0, 0.1) is 12.7 Å².